The molecule has 0 saturated carbocycles. The van der Waals surface area contributed by atoms with Gasteiger partial charge in [0, 0.05) is 6.04 Å². The van der Waals surface area contributed by atoms with Crippen LogP contribution in [0.2, 0.25) is 0 Å². The van der Waals surface area contributed by atoms with Gasteiger partial charge in [0.1, 0.15) is 19.8 Å². The second-order valence-electron chi connectivity index (χ2n) is 8.35. The molecule has 0 spiro atoms. The molecular formula is C30H31NO4. The maximum atomic E-state index is 9.56. The Balaban J connectivity index is 1.67. The third-order valence-corrected chi connectivity index (χ3v) is 5.56. The van der Waals surface area contributed by atoms with Crippen molar-refractivity contribution in [1.82, 2.24) is 0 Å². The molecule has 4 aromatic carbocycles. The molecule has 1 atom stereocenters. The predicted molar refractivity (Wildman–Crippen MR) is 138 cm³/mol. The zero-order chi connectivity index (χ0) is 24.3. The molecule has 180 valence electrons. The third kappa shape index (κ3) is 7.09. The standard InChI is InChI=1S/C30H31NO4/c31-27(19-32)18-26-16-17-28(33-20-23-10-4-1-5-11-23)30(35-22-25-14-8-3-9-15-25)29(26)34-21-24-12-6-2-7-13-24/h1-17,27,32H,18-22,31H2. The second kappa shape index (κ2) is 12.6. The molecule has 4 rings (SSSR count). The van der Waals surface area contributed by atoms with Gasteiger partial charge in [-0.15, -0.1) is 0 Å². The Bertz CT molecular complexity index is 1170. The lowest BCUT2D eigenvalue weighted by molar-refractivity contribution is 0.226. The first kappa shape index (κ1) is 24.3. The normalized spacial score (nSPS) is 11.6. The number of hydrogen-bond acceptors (Lipinski definition) is 5. The molecule has 0 aliphatic rings. The molecule has 0 aromatic heterocycles. The average Bonchev–Trinajstić information content (AvgIpc) is 2.92. The highest BCUT2D eigenvalue weighted by Crippen LogP contribution is 2.42. The van der Waals surface area contributed by atoms with Crippen molar-refractivity contribution in [3.05, 3.63) is 125 Å². The second-order valence-corrected chi connectivity index (χ2v) is 8.35. The molecule has 3 N–H and O–H groups in total. The molecule has 0 radical (unpaired) electrons. The van der Waals surface area contributed by atoms with Crippen molar-refractivity contribution in [3.8, 4) is 17.2 Å². The predicted octanol–water partition coefficient (Wildman–Crippen LogP) is 5.29. The maximum absolute atomic E-state index is 9.56. The van der Waals surface area contributed by atoms with Crippen LogP contribution < -0.4 is 19.9 Å². The van der Waals surface area contributed by atoms with Crippen molar-refractivity contribution >= 4 is 0 Å². The summed E-state index contributed by atoms with van der Waals surface area (Å²) < 4.78 is 18.9. The quantitative estimate of drug-likeness (QED) is 0.295. The molecule has 0 aliphatic heterocycles. The molecule has 0 saturated heterocycles. The Kier molecular flexibility index (Phi) is 8.76. The summed E-state index contributed by atoms with van der Waals surface area (Å²) in [4.78, 5) is 0. The Labute approximate surface area is 206 Å². The van der Waals surface area contributed by atoms with Gasteiger partial charge in [-0.25, -0.2) is 0 Å². The van der Waals surface area contributed by atoms with Crippen molar-refractivity contribution in [2.24, 2.45) is 5.73 Å². The molecule has 0 fully saturated rings. The van der Waals surface area contributed by atoms with Gasteiger partial charge in [0.15, 0.2) is 11.5 Å². The SMILES string of the molecule is NC(CO)Cc1ccc(OCc2ccccc2)c(OCc2ccccc2)c1OCc1ccccc1. The first-order chi connectivity index (χ1) is 17.2. The lowest BCUT2D eigenvalue weighted by atomic mass is 10.0. The van der Waals surface area contributed by atoms with E-state index in [-0.39, 0.29) is 6.61 Å². The van der Waals surface area contributed by atoms with Crippen molar-refractivity contribution < 1.29 is 19.3 Å². The highest BCUT2D eigenvalue weighted by atomic mass is 16.5. The number of hydrogen-bond donors (Lipinski definition) is 2. The minimum atomic E-state index is -0.410. The number of benzene rings is 4. The van der Waals surface area contributed by atoms with Crippen LogP contribution in [-0.4, -0.2) is 17.8 Å². The number of aliphatic hydroxyl groups excluding tert-OH is 1. The minimum Gasteiger partial charge on any atom is -0.485 e. The summed E-state index contributed by atoms with van der Waals surface area (Å²) in [6.45, 7) is 1.01. The van der Waals surface area contributed by atoms with E-state index in [1.54, 1.807) is 0 Å². The van der Waals surface area contributed by atoms with Crippen LogP contribution in [0.1, 0.15) is 22.3 Å². The van der Waals surface area contributed by atoms with E-state index in [0.29, 0.717) is 43.5 Å². The van der Waals surface area contributed by atoms with Gasteiger partial charge < -0.3 is 25.1 Å². The van der Waals surface area contributed by atoms with Crippen LogP contribution in [0.15, 0.2) is 103 Å². The summed E-state index contributed by atoms with van der Waals surface area (Å²) in [5, 5.41) is 9.56. The van der Waals surface area contributed by atoms with E-state index in [2.05, 4.69) is 0 Å². The Morgan fingerprint density at radius 3 is 1.51 bits per heavy atom. The van der Waals surface area contributed by atoms with Crippen molar-refractivity contribution in [1.29, 1.82) is 0 Å². The molecule has 5 heteroatoms. The summed E-state index contributed by atoms with van der Waals surface area (Å²) >= 11 is 0. The number of nitrogens with two attached hydrogens (primary N) is 1. The van der Waals surface area contributed by atoms with Crippen LogP contribution in [0.25, 0.3) is 0 Å². The summed E-state index contributed by atoms with van der Waals surface area (Å²) in [6.07, 6.45) is 0.446. The number of ether oxygens (including phenoxy) is 3. The molecule has 35 heavy (non-hydrogen) atoms. The Morgan fingerprint density at radius 1 is 0.571 bits per heavy atom. The number of aliphatic hydroxyl groups is 1. The summed E-state index contributed by atoms with van der Waals surface area (Å²) in [5.74, 6) is 1.71. The van der Waals surface area contributed by atoms with Gasteiger partial charge in [0.25, 0.3) is 0 Å². The van der Waals surface area contributed by atoms with Gasteiger partial charge in [-0.3, -0.25) is 0 Å². The van der Waals surface area contributed by atoms with Crippen molar-refractivity contribution in [2.45, 2.75) is 32.3 Å². The molecule has 0 aliphatic carbocycles. The summed E-state index contributed by atoms with van der Waals surface area (Å²) in [5.41, 5.74) is 10.1. The van der Waals surface area contributed by atoms with E-state index in [4.69, 9.17) is 19.9 Å². The van der Waals surface area contributed by atoms with Crippen LogP contribution in [0, 0.1) is 0 Å². The summed E-state index contributed by atoms with van der Waals surface area (Å²) in [6, 6.07) is 33.3. The van der Waals surface area contributed by atoms with E-state index < -0.39 is 6.04 Å². The van der Waals surface area contributed by atoms with Crippen LogP contribution in [0.3, 0.4) is 0 Å². The van der Waals surface area contributed by atoms with Gasteiger partial charge in [-0.1, -0.05) is 97.1 Å². The van der Waals surface area contributed by atoms with Gasteiger partial charge in [-0.2, -0.15) is 0 Å². The van der Waals surface area contributed by atoms with Crippen molar-refractivity contribution in [2.75, 3.05) is 6.61 Å². The highest BCUT2D eigenvalue weighted by Gasteiger charge is 2.20. The first-order valence-electron chi connectivity index (χ1n) is 11.8. The highest BCUT2D eigenvalue weighted by molar-refractivity contribution is 5.56. The molecule has 0 amide bonds. The van der Waals surface area contributed by atoms with E-state index >= 15 is 0 Å². The lowest BCUT2D eigenvalue weighted by Gasteiger charge is -2.21. The average molecular weight is 470 g/mol. The zero-order valence-electron chi connectivity index (χ0n) is 19.7. The Morgan fingerprint density at radius 2 is 1.03 bits per heavy atom. The summed E-state index contributed by atoms with van der Waals surface area (Å²) in [7, 11) is 0. The van der Waals surface area contributed by atoms with Gasteiger partial charge in [0.05, 0.1) is 6.61 Å². The van der Waals surface area contributed by atoms with Crippen LogP contribution >= 0.6 is 0 Å². The molecule has 4 aromatic rings. The molecule has 0 heterocycles. The molecule has 0 bridgehead atoms. The monoisotopic (exact) mass is 469 g/mol. The van der Waals surface area contributed by atoms with E-state index in [0.717, 1.165) is 22.3 Å². The Hall–Kier alpha value is -3.80. The van der Waals surface area contributed by atoms with Gasteiger partial charge >= 0.3 is 0 Å². The smallest absolute Gasteiger partial charge is 0.204 e. The lowest BCUT2D eigenvalue weighted by Crippen LogP contribution is -2.27. The van der Waals surface area contributed by atoms with E-state index in [1.807, 2.05) is 103 Å². The van der Waals surface area contributed by atoms with Crippen LogP contribution in [0.4, 0.5) is 0 Å². The van der Waals surface area contributed by atoms with E-state index in [1.165, 1.54) is 0 Å². The zero-order valence-corrected chi connectivity index (χ0v) is 19.7. The molecular weight excluding hydrogens is 438 g/mol. The topological polar surface area (TPSA) is 73.9 Å². The maximum Gasteiger partial charge on any atom is 0.204 e. The van der Waals surface area contributed by atoms with Gasteiger partial charge in [-0.05, 0) is 34.7 Å². The van der Waals surface area contributed by atoms with Crippen LogP contribution in [-0.2, 0) is 26.2 Å². The van der Waals surface area contributed by atoms with E-state index in [9.17, 15) is 5.11 Å². The minimum absolute atomic E-state index is 0.120. The third-order valence-electron chi connectivity index (χ3n) is 5.56. The first-order valence-corrected chi connectivity index (χ1v) is 11.8. The fourth-order valence-electron chi connectivity index (χ4n) is 3.70. The fraction of sp³-hybridized carbons (Fsp3) is 0.200. The van der Waals surface area contributed by atoms with Crippen LogP contribution in [0.5, 0.6) is 17.2 Å². The fourth-order valence-corrected chi connectivity index (χ4v) is 3.70. The largest absolute Gasteiger partial charge is 0.485 e. The van der Waals surface area contributed by atoms with Gasteiger partial charge in [0.2, 0.25) is 5.75 Å². The number of rotatable bonds is 12. The van der Waals surface area contributed by atoms with Crippen molar-refractivity contribution in [3.63, 3.8) is 0 Å². The molecule has 1 unspecified atom stereocenters. The molecule has 5 nitrogen and oxygen atoms in total.